The van der Waals surface area contributed by atoms with E-state index in [1.54, 1.807) is 17.7 Å². The van der Waals surface area contributed by atoms with Crippen molar-refractivity contribution in [1.82, 2.24) is 15.0 Å². The Morgan fingerprint density at radius 1 is 1.26 bits per heavy atom. The Balaban J connectivity index is 1.96. The lowest BCUT2D eigenvalue weighted by Gasteiger charge is -2.33. The first kappa shape index (κ1) is 18.6. The molecule has 1 aliphatic heterocycles. The fraction of sp³-hybridized carbons (Fsp3) is 0.571. The molecule has 0 fully saturated rings. The lowest BCUT2D eigenvalue weighted by molar-refractivity contribution is -0.0402. The van der Waals surface area contributed by atoms with Crippen LogP contribution in [0.1, 0.15) is 70.2 Å². The van der Waals surface area contributed by atoms with Gasteiger partial charge in [-0.1, -0.05) is 27.2 Å². The molecule has 0 unspecified atom stereocenters. The first-order valence-electron chi connectivity index (χ1n) is 9.88. The molecule has 6 heteroatoms. The quantitative estimate of drug-likeness (QED) is 0.595. The normalized spacial score (nSPS) is 16.2. The van der Waals surface area contributed by atoms with Crippen molar-refractivity contribution in [2.24, 2.45) is 0 Å². The lowest BCUT2D eigenvalue weighted by Crippen LogP contribution is -2.32. The van der Waals surface area contributed by atoms with Crippen molar-refractivity contribution in [2.45, 2.75) is 72.0 Å². The number of aromatic nitrogens is 3. The highest BCUT2D eigenvalue weighted by Crippen LogP contribution is 2.43. The fourth-order valence-corrected chi connectivity index (χ4v) is 4.95. The van der Waals surface area contributed by atoms with Crippen LogP contribution in [-0.4, -0.2) is 27.1 Å². The van der Waals surface area contributed by atoms with Gasteiger partial charge in [0.05, 0.1) is 28.1 Å². The number of anilines is 1. The Hall–Kier alpha value is -1.79. The maximum absolute atomic E-state index is 6.13. The van der Waals surface area contributed by atoms with E-state index in [1.807, 2.05) is 0 Å². The van der Waals surface area contributed by atoms with Crippen molar-refractivity contribution in [3.63, 3.8) is 0 Å². The molecule has 0 amide bonds. The second kappa shape index (κ2) is 6.99. The number of hydrogen-bond donors (Lipinski definition) is 1. The van der Waals surface area contributed by atoms with Gasteiger partial charge in [-0.3, -0.25) is 0 Å². The van der Waals surface area contributed by atoms with Gasteiger partial charge in [0, 0.05) is 23.9 Å². The van der Waals surface area contributed by atoms with Gasteiger partial charge in [-0.15, -0.1) is 11.3 Å². The zero-order chi connectivity index (χ0) is 19.2. The van der Waals surface area contributed by atoms with E-state index in [1.165, 1.54) is 16.5 Å². The summed E-state index contributed by atoms with van der Waals surface area (Å²) >= 11 is 1.71. The van der Waals surface area contributed by atoms with Crippen LogP contribution in [0.3, 0.4) is 0 Å². The van der Waals surface area contributed by atoms with Gasteiger partial charge in [0.1, 0.15) is 17.0 Å². The van der Waals surface area contributed by atoms with E-state index in [2.05, 4.69) is 49.9 Å². The summed E-state index contributed by atoms with van der Waals surface area (Å²) in [5.74, 6) is 1.30. The number of unbranched alkanes of at least 4 members (excludes halogenated alkanes) is 1. The molecule has 0 bridgehead atoms. The van der Waals surface area contributed by atoms with Gasteiger partial charge in [0.25, 0.3) is 0 Å². The van der Waals surface area contributed by atoms with Crippen molar-refractivity contribution in [3.8, 4) is 0 Å². The molecule has 144 valence electrons. The highest BCUT2D eigenvalue weighted by Gasteiger charge is 2.32. The van der Waals surface area contributed by atoms with Crippen molar-refractivity contribution >= 4 is 37.6 Å². The van der Waals surface area contributed by atoms with Gasteiger partial charge in [0.2, 0.25) is 0 Å². The molecule has 27 heavy (non-hydrogen) atoms. The van der Waals surface area contributed by atoms with Gasteiger partial charge >= 0.3 is 0 Å². The minimum absolute atomic E-state index is 0.168. The minimum Gasteiger partial charge on any atom is -0.370 e. The molecule has 1 aliphatic rings. The molecule has 3 aromatic heterocycles. The van der Waals surface area contributed by atoms with Crippen molar-refractivity contribution in [2.75, 3.05) is 11.9 Å². The van der Waals surface area contributed by atoms with Crippen LogP contribution < -0.4 is 5.32 Å². The Kier molecular flexibility index (Phi) is 4.80. The van der Waals surface area contributed by atoms with Crippen LogP contribution in [0.5, 0.6) is 0 Å². The van der Waals surface area contributed by atoms with Crippen molar-refractivity contribution in [3.05, 3.63) is 23.1 Å². The summed E-state index contributed by atoms with van der Waals surface area (Å²) in [6.45, 7) is 12.5. The number of nitrogens with zero attached hydrogens (tertiary/aromatic N) is 3. The third-order valence-electron chi connectivity index (χ3n) is 5.23. The molecule has 0 aromatic carbocycles. The Morgan fingerprint density at radius 3 is 2.81 bits per heavy atom. The number of pyridine rings is 1. The van der Waals surface area contributed by atoms with E-state index in [-0.39, 0.29) is 5.60 Å². The molecular formula is C21H28N4OS. The Labute approximate surface area is 164 Å². The van der Waals surface area contributed by atoms with Gasteiger partial charge < -0.3 is 10.1 Å². The van der Waals surface area contributed by atoms with Gasteiger partial charge in [0.15, 0.2) is 0 Å². The maximum atomic E-state index is 6.13. The summed E-state index contributed by atoms with van der Waals surface area (Å²) in [4.78, 5) is 15.3. The molecule has 4 heterocycles. The largest absolute Gasteiger partial charge is 0.370 e. The van der Waals surface area contributed by atoms with Crippen LogP contribution in [0.2, 0.25) is 0 Å². The number of nitrogens with one attached hydrogen (secondary N) is 1. The highest BCUT2D eigenvalue weighted by atomic mass is 32.1. The number of thiophene rings is 1. The summed E-state index contributed by atoms with van der Waals surface area (Å²) in [6, 6.07) is 0. The van der Waals surface area contributed by atoms with Crippen LogP contribution in [0, 0.1) is 0 Å². The second-order valence-electron chi connectivity index (χ2n) is 8.30. The number of rotatable bonds is 5. The molecule has 0 atom stereocenters. The van der Waals surface area contributed by atoms with Crippen molar-refractivity contribution < 1.29 is 4.74 Å². The van der Waals surface area contributed by atoms with E-state index < -0.39 is 0 Å². The molecule has 0 saturated carbocycles. The van der Waals surface area contributed by atoms with E-state index in [0.717, 1.165) is 52.4 Å². The molecule has 4 rings (SSSR count). The highest BCUT2D eigenvalue weighted by molar-refractivity contribution is 7.26. The average Bonchev–Trinajstić information content (AvgIpc) is 3.00. The SMILES string of the molecule is CCCCNc1ncnc2c1sc1nc(C(C)C)c3c(c12)CC(C)(C)OC3. The van der Waals surface area contributed by atoms with E-state index in [0.29, 0.717) is 12.5 Å². The van der Waals surface area contributed by atoms with Crippen molar-refractivity contribution in [1.29, 1.82) is 0 Å². The van der Waals surface area contributed by atoms with Crippen LogP contribution in [0.25, 0.3) is 20.4 Å². The van der Waals surface area contributed by atoms with Crippen LogP contribution in [0.15, 0.2) is 6.33 Å². The van der Waals surface area contributed by atoms with Crippen LogP contribution in [-0.2, 0) is 17.8 Å². The summed E-state index contributed by atoms with van der Waals surface area (Å²) in [6.07, 6.45) is 4.86. The topological polar surface area (TPSA) is 59.9 Å². The third kappa shape index (κ3) is 3.29. The molecule has 1 N–H and O–H groups in total. The number of ether oxygens (including phenoxy) is 1. The number of hydrogen-bond acceptors (Lipinski definition) is 6. The zero-order valence-corrected chi connectivity index (χ0v) is 17.7. The van der Waals surface area contributed by atoms with Gasteiger partial charge in [-0.2, -0.15) is 0 Å². The molecule has 0 aliphatic carbocycles. The average molecular weight is 385 g/mol. The van der Waals surface area contributed by atoms with Crippen LogP contribution in [0.4, 0.5) is 5.82 Å². The molecule has 0 radical (unpaired) electrons. The molecule has 0 saturated heterocycles. The molecule has 0 spiro atoms. The smallest absolute Gasteiger partial charge is 0.147 e. The summed E-state index contributed by atoms with van der Waals surface area (Å²) in [5, 5.41) is 4.69. The van der Waals surface area contributed by atoms with E-state index in [9.17, 15) is 0 Å². The van der Waals surface area contributed by atoms with Gasteiger partial charge in [-0.05, 0) is 31.7 Å². The summed E-state index contributed by atoms with van der Waals surface area (Å²) in [7, 11) is 0. The monoisotopic (exact) mass is 384 g/mol. The van der Waals surface area contributed by atoms with E-state index in [4.69, 9.17) is 9.72 Å². The summed E-state index contributed by atoms with van der Waals surface area (Å²) in [5.41, 5.74) is 4.65. The predicted octanol–water partition coefficient (Wildman–Crippen LogP) is 5.43. The number of fused-ring (bicyclic) bond motifs is 5. The van der Waals surface area contributed by atoms with Crippen LogP contribution >= 0.6 is 11.3 Å². The van der Waals surface area contributed by atoms with E-state index >= 15 is 0 Å². The third-order valence-corrected chi connectivity index (χ3v) is 6.31. The Bertz CT molecular complexity index is 993. The minimum atomic E-state index is -0.168. The lowest BCUT2D eigenvalue weighted by atomic mass is 9.87. The molecular weight excluding hydrogens is 356 g/mol. The zero-order valence-electron chi connectivity index (χ0n) is 16.8. The maximum Gasteiger partial charge on any atom is 0.147 e. The molecule has 3 aromatic rings. The first-order valence-corrected chi connectivity index (χ1v) is 10.7. The standard InChI is InChI=1S/C21H28N4OS/c1-6-7-8-22-19-18-17(23-11-24-19)15-13-9-21(4,5)26-10-14(13)16(12(2)3)25-20(15)27-18/h11-12H,6-10H2,1-5H3,(H,22,23,24). The summed E-state index contributed by atoms with van der Waals surface area (Å²) < 4.78 is 7.24. The second-order valence-corrected chi connectivity index (χ2v) is 9.30. The fourth-order valence-electron chi connectivity index (χ4n) is 3.82. The predicted molar refractivity (Wildman–Crippen MR) is 113 cm³/mol. The molecule has 5 nitrogen and oxygen atoms in total. The first-order chi connectivity index (χ1) is 12.9. The van der Waals surface area contributed by atoms with Gasteiger partial charge in [-0.25, -0.2) is 15.0 Å². The Morgan fingerprint density at radius 2 is 2.07 bits per heavy atom.